The lowest BCUT2D eigenvalue weighted by atomic mass is 10.1. The van der Waals surface area contributed by atoms with Crippen molar-refractivity contribution in [1.29, 1.82) is 0 Å². The van der Waals surface area contributed by atoms with E-state index in [4.69, 9.17) is 21.1 Å². The fraction of sp³-hybridized carbons (Fsp3) is 0.304. The lowest BCUT2D eigenvalue weighted by Crippen LogP contribution is -2.50. The highest BCUT2D eigenvalue weighted by atomic mass is 35.5. The fourth-order valence-electron chi connectivity index (χ4n) is 3.30. The summed E-state index contributed by atoms with van der Waals surface area (Å²) in [6.45, 7) is 3.99. The van der Waals surface area contributed by atoms with E-state index >= 15 is 0 Å². The summed E-state index contributed by atoms with van der Waals surface area (Å²) in [6, 6.07) is 9.16. The number of methoxy groups -OCH3 is 1. The van der Waals surface area contributed by atoms with Crippen LogP contribution in [0, 0.1) is 5.82 Å². The average molecular weight is 447 g/mol. The van der Waals surface area contributed by atoms with Gasteiger partial charge in [0.05, 0.1) is 24.3 Å². The molecule has 0 atom stereocenters. The predicted octanol–water partition coefficient (Wildman–Crippen LogP) is 3.88. The topological polar surface area (TPSA) is 59.1 Å². The minimum absolute atomic E-state index is 0.0808. The van der Waals surface area contributed by atoms with E-state index in [1.807, 2.05) is 13.0 Å². The van der Waals surface area contributed by atoms with Gasteiger partial charge in [-0.3, -0.25) is 9.59 Å². The highest BCUT2D eigenvalue weighted by molar-refractivity contribution is 6.33. The van der Waals surface area contributed by atoms with Crippen molar-refractivity contribution in [2.45, 2.75) is 6.92 Å². The number of hydrogen-bond acceptors (Lipinski definition) is 4. The summed E-state index contributed by atoms with van der Waals surface area (Å²) in [6.07, 6.45) is 3.22. The van der Waals surface area contributed by atoms with Gasteiger partial charge in [-0.2, -0.15) is 0 Å². The van der Waals surface area contributed by atoms with Crippen LogP contribution in [0.3, 0.4) is 0 Å². The zero-order valence-corrected chi connectivity index (χ0v) is 18.2. The summed E-state index contributed by atoms with van der Waals surface area (Å²) in [4.78, 5) is 28.5. The molecule has 0 unspecified atom stereocenters. The molecule has 1 heterocycles. The van der Waals surface area contributed by atoms with Crippen molar-refractivity contribution in [3.63, 3.8) is 0 Å². The number of piperazine rings is 1. The number of carbonyl (C=O) groups excluding carboxylic acids is 2. The molecule has 0 radical (unpaired) electrons. The molecule has 2 aromatic rings. The lowest BCUT2D eigenvalue weighted by molar-refractivity contribution is -0.127. The number of benzene rings is 2. The maximum Gasteiger partial charge on any atom is 0.255 e. The molecule has 0 bridgehead atoms. The second kappa shape index (κ2) is 10.3. The Morgan fingerprint density at radius 3 is 2.42 bits per heavy atom. The Morgan fingerprint density at radius 2 is 1.77 bits per heavy atom. The summed E-state index contributed by atoms with van der Waals surface area (Å²) in [5.41, 5.74) is 1.07. The van der Waals surface area contributed by atoms with Crippen molar-refractivity contribution >= 4 is 29.5 Å². The molecule has 1 aliphatic rings. The number of halogens is 2. The Hall–Kier alpha value is -3.06. The van der Waals surface area contributed by atoms with Crippen LogP contribution in [-0.2, 0) is 4.79 Å². The summed E-state index contributed by atoms with van der Waals surface area (Å²) >= 11 is 5.99. The van der Waals surface area contributed by atoms with Crippen molar-refractivity contribution in [2.24, 2.45) is 0 Å². The molecule has 0 spiro atoms. The minimum Gasteiger partial charge on any atom is -0.493 e. The van der Waals surface area contributed by atoms with Gasteiger partial charge in [-0.25, -0.2) is 4.39 Å². The number of rotatable bonds is 6. The minimum atomic E-state index is -0.492. The van der Waals surface area contributed by atoms with Crippen LogP contribution in [0.15, 0.2) is 42.5 Å². The second-order valence-electron chi connectivity index (χ2n) is 6.92. The molecule has 6 nitrogen and oxygen atoms in total. The van der Waals surface area contributed by atoms with Gasteiger partial charge >= 0.3 is 0 Å². The fourth-order valence-corrected chi connectivity index (χ4v) is 3.55. The highest BCUT2D eigenvalue weighted by Gasteiger charge is 2.25. The van der Waals surface area contributed by atoms with Gasteiger partial charge in [0.2, 0.25) is 5.91 Å². The number of hydrogen-bond donors (Lipinski definition) is 0. The first-order valence-corrected chi connectivity index (χ1v) is 10.3. The third kappa shape index (κ3) is 5.55. The molecule has 3 rings (SSSR count). The summed E-state index contributed by atoms with van der Waals surface area (Å²) in [5, 5.41) is 0.0808. The van der Waals surface area contributed by atoms with Gasteiger partial charge in [-0.1, -0.05) is 17.7 Å². The molecule has 1 aliphatic heterocycles. The first-order chi connectivity index (χ1) is 14.9. The van der Waals surface area contributed by atoms with Crippen LogP contribution in [0.25, 0.3) is 6.08 Å². The van der Waals surface area contributed by atoms with Crippen molar-refractivity contribution in [1.82, 2.24) is 9.80 Å². The predicted molar refractivity (Wildman–Crippen MR) is 117 cm³/mol. The Balaban J connectivity index is 1.58. The summed E-state index contributed by atoms with van der Waals surface area (Å²) in [7, 11) is 1.57. The molecule has 0 aromatic heterocycles. The van der Waals surface area contributed by atoms with Crippen LogP contribution in [0.4, 0.5) is 4.39 Å². The maximum atomic E-state index is 13.2. The van der Waals surface area contributed by atoms with Crippen molar-refractivity contribution < 1.29 is 23.5 Å². The van der Waals surface area contributed by atoms with E-state index in [1.165, 1.54) is 18.2 Å². The van der Waals surface area contributed by atoms with E-state index in [-0.39, 0.29) is 22.4 Å². The molecule has 164 valence electrons. The molecule has 0 aliphatic carbocycles. The molecular formula is C23H24ClFN2O4. The lowest BCUT2D eigenvalue weighted by Gasteiger charge is -2.34. The van der Waals surface area contributed by atoms with Gasteiger partial charge < -0.3 is 19.3 Å². The number of nitrogens with zero attached hydrogens (tertiary/aromatic N) is 2. The van der Waals surface area contributed by atoms with Gasteiger partial charge in [-0.05, 0) is 48.9 Å². The van der Waals surface area contributed by atoms with E-state index in [9.17, 15) is 14.0 Å². The maximum absolute atomic E-state index is 13.2. The first-order valence-electron chi connectivity index (χ1n) is 9.95. The zero-order valence-electron chi connectivity index (χ0n) is 17.4. The molecule has 1 saturated heterocycles. The SMILES string of the molecule is CCOc1ccc(/C=C/C(=O)N2CCN(C(=O)c3ccc(F)cc3Cl)CC2)cc1OC. The Bertz CT molecular complexity index is 988. The molecule has 1 fully saturated rings. The largest absolute Gasteiger partial charge is 0.493 e. The smallest absolute Gasteiger partial charge is 0.255 e. The average Bonchev–Trinajstić information content (AvgIpc) is 2.78. The highest BCUT2D eigenvalue weighted by Crippen LogP contribution is 2.28. The molecule has 2 amide bonds. The van der Waals surface area contributed by atoms with Crippen molar-refractivity contribution in [3.05, 3.63) is 64.4 Å². The van der Waals surface area contributed by atoms with Crippen LogP contribution in [0.5, 0.6) is 11.5 Å². The van der Waals surface area contributed by atoms with Gasteiger partial charge in [0.1, 0.15) is 5.82 Å². The van der Waals surface area contributed by atoms with Gasteiger partial charge in [0, 0.05) is 32.3 Å². The standard InChI is InChI=1S/C23H24ClFN2O4/c1-3-31-20-8-4-16(14-21(20)30-2)5-9-22(28)26-10-12-27(13-11-26)23(29)18-7-6-17(25)15-19(18)24/h4-9,14-15H,3,10-13H2,1-2H3/b9-5+. The molecule has 8 heteroatoms. The number of carbonyl (C=O) groups is 2. The Morgan fingerprint density at radius 1 is 1.06 bits per heavy atom. The van der Waals surface area contributed by atoms with Crippen LogP contribution in [0.1, 0.15) is 22.8 Å². The van der Waals surface area contributed by atoms with Gasteiger partial charge in [0.25, 0.3) is 5.91 Å². The molecule has 0 saturated carbocycles. The third-order valence-corrected chi connectivity index (χ3v) is 5.26. The normalized spacial score (nSPS) is 14.1. The summed E-state index contributed by atoms with van der Waals surface area (Å²) in [5.74, 6) is 0.348. The van der Waals surface area contributed by atoms with Crippen LogP contribution in [0.2, 0.25) is 5.02 Å². The van der Waals surface area contributed by atoms with E-state index in [0.717, 1.165) is 11.6 Å². The van der Waals surface area contributed by atoms with E-state index in [0.29, 0.717) is 44.3 Å². The van der Waals surface area contributed by atoms with Crippen LogP contribution >= 0.6 is 11.6 Å². The van der Waals surface area contributed by atoms with E-state index in [1.54, 1.807) is 35.1 Å². The Kier molecular flexibility index (Phi) is 7.52. The summed E-state index contributed by atoms with van der Waals surface area (Å²) < 4.78 is 24.0. The third-order valence-electron chi connectivity index (χ3n) is 4.95. The Labute approximate surface area is 185 Å². The second-order valence-corrected chi connectivity index (χ2v) is 7.33. The molecule has 0 N–H and O–H groups in total. The van der Waals surface area contributed by atoms with E-state index in [2.05, 4.69) is 0 Å². The zero-order chi connectivity index (χ0) is 22.4. The van der Waals surface area contributed by atoms with Crippen LogP contribution in [-0.4, -0.2) is 61.5 Å². The molecule has 2 aromatic carbocycles. The van der Waals surface area contributed by atoms with Crippen LogP contribution < -0.4 is 9.47 Å². The van der Waals surface area contributed by atoms with Crippen molar-refractivity contribution in [3.8, 4) is 11.5 Å². The van der Waals surface area contributed by atoms with Crippen molar-refractivity contribution in [2.75, 3.05) is 39.9 Å². The molecular weight excluding hydrogens is 423 g/mol. The van der Waals surface area contributed by atoms with E-state index < -0.39 is 5.82 Å². The number of amides is 2. The first kappa shape index (κ1) is 22.6. The monoisotopic (exact) mass is 446 g/mol. The van der Waals surface area contributed by atoms with Gasteiger partial charge in [-0.15, -0.1) is 0 Å². The van der Waals surface area contributed by atoms with Gasteiger partial charge in [0.15, 0.2) is 11.5 Å². The molecule has 31 heavy (non-hydrogen) atoms. The quantitative estimate of drug-likeness (QED) is 0.632. The number of ether oxygens (including phenoxy) is 2.